The van der Waals surface area contributed by atoms with Crippen molar-refractivity contribution < 1.29 is 32.3 Å². The number of hydrogen-bond acceptors (Lipinski definition) is 10. The van der Waals surface area contributed by atoms with E-state index < -0.39 is 35.5 Å². The maximum absolute atomic E-state index is 16.0. The van der Waals surface area contributed by atoms with E-state index >= 15 is 13.2 Å². The molecule has 3 aromatic heterocycles. The Kier molecular flexibility index (Phi) is 10.4. The number of fused-ring (bicyclic) bond motifs is 9. The highest BCUT2D eigenvalue weighted by Gasteiger charge is 2.37. The molecule has 5 aliphatic rings. The van der Waals surface area contributed by atoms with Crippen LogP contribution in [0.4, 0.5) is 30.5 Å². The maximum Gasteiger partial charge on any atom is 0.258 e. The molecule has 3 amide bonds. The number of nitrogens with zero attached hydrogens (tertiary/aromatic N) is 8. The summed E-state index contributed by atoms with van der Waals surface area (Å²) >= 11 is 0. The number of imide groups is 1. The lowest BCUT2D eigenvalue weighted by Gasteiger charge is -2.45. The molecule has 4 bridgehead atoms. The van der Waals surface area contributed by atoms with Gasteiger partial charge >= 0.3 is 0 Å². The zero-order valence-electron chi connectivity index (χ0n) is 34.7. The number of imidazole rings is 1. The molecule has 4 aliphatic heterocycles. The lowest BCUT2D eigenvalue weighted by atomic mass is 9.89. The topological polar surface area (TPSA) is 143 Å². The lowest BCUT2D eigenvalue weighted by molar-refractivity contribution is -0.134. The van der Waals surface area contributed by atoms with Crippen molar-refractivity contribution in [2.75, 3.05) is 61.0 Å². The number of piperidine rings is 2. The Hall–Kier alpha value is -5.97. The smallest absolute Gasteiger partial charge is 0.258 e. The Morgan fingerprint density at radius 1 is 0.823 bits per heavy atom. The van der Waals surface area contributed by atoms with Crippen molar-refractivity contribution >= 4 is 46.1 Å². The van der Waals surface area contributed by atoms with Gasteiger partial charge in [0.05, 0.1) is 47.6 Å². The molecule has 1 aliphatic carbocycles. The molecule has 62 heavy (non-hydrogen) atoms. The molecule has 0 unspecified atom stereocenters. The first-order valence-electron chi connectivity index (χ1n) is 21.6. The first-order valence-corrected chi connectivity index (χ1v) is 21.6. The summed E-state index contributed by atoms with van der Waals surface area (Å²) in [5.74, 6) is -2.43. The van der Waals surface area contributed by atoms with E-state index in [1.165, 1.54) is 12.1 Å². The molecule has 0 radical (unpaired) electrons. The Morgan fingerprint density at radius 2 is 1.61 bits per heavy atom. The summed E-state index contributed by atoms with van der Waals surface area (Å²) in [6, 6.07) is 11.7. The Bertz CT molecular complexity index is 2560. The number of anilines is 3. The van der Waals surface area contributed by atoms with E-state index in [1.54, 1.807) is 27.9 Å². The largest absolute Gasteiger partial charge is 0.477 e. The Balaban J connectivity index is 0.835. The minimum Gasteiger partial charge on any atom is -0.477 e. The Labute approximate surface area is 356 Å². The van der Waals surface area contributed by atoms with Crippen molar-refractivity contribution in [2.24, 2.45) is 18.9 Å². The molecule has 7 heterocycles. The molecule has 5 atom stereocenters. The molecule has 4 fully saturated rings. The minimum absolute atomic E-state index is 0.00633. The lowest BCUT2D eigenvalue weighted by Crippen LogP contribution is -2.58. The molecule has 14 nitrogen and oxygen atoms in total. The number of carbonyl (C=O) groups excluding carboxylic acids is 3. The van der Waals surface area contributed by atoms with Gasteiger partial charge in [0.2, 0.25) is 23.6 Å². The molecule has 324 valence electrons. The normalized spacial score (nSPS) is 24.8. The number of alkyl halides is 1. The van der Waals surface area contributed by atoms with Crippen molar-refractivity contribution in [3.63, 3.8) is 0 Å². The molecular weight excluding hydrogens is 802 g/mol. The molecule has 10 rings (SSSR count). The highest BCUT2D eigenvalue weighted by atomic mass is 19.1. The summed E-state index contributed by atoms with van der Waals surface area (Å²) in [5, 5.41) is 9.74. The molecule has 1 saturated carbocycles. The summed E-state index contributed by atoms with van der Waals surface area (Å²) in [6.07, 6.45) is 4.05. The number of amides is 3. The van der Waals surface area contributed by atoms with Gasteiger partial charge in [-0.25, -0.2) is 22.8 Å². The number of nitrogens with one attached hydrogen (secondary N) is 2. The second kappa shape index (κ2) is 16.1. The number of hydrogen-bond donors (Lipinski definition) is 2. The van der Waals surface area contributed by atoms with Crippen LogP contribution >= 0.6 is 0 Å². The van der Waals surface area contributed by atoms with E-state index in [2.05, 4.69) is 42.2 Å². The fraction of sp³-hybridized carbons (Fsp3) is 0.467. The van der Waals surface area contributed by atoms with Gasteiger partial charge in [-0.2, -0.15) is 5.10 Å². The van der Waals surface area contributed by atoms with Crippen molar-refractivity contribution in [3.05, 3.63) is 77.1 Å². The van der Waals surface area contributed by atoms with E-state index in [-0.39, 0.29) is 42.6 Å². The van der Waals surface area contributed by atoms with E-state index in [0.717, 1.165) is 41.5 Å². The maximum atomic E-state index is 16.0. The van der Waals surface area contributed by atoms with E-state index in [4.69, 9.17) is 14.7 Å². The van der Waals surface area contributed by atoms with E-state index in [0.29, 0.717) is 92.9 Å². The zero-order chi connectivity index (χ0) is 42.8. The predicted molar refractivity (Wildman–Crippen MR) is 226 cm³/mol. The zero-order valence-corrected chi connectivity index (χ0v) is 34.7. The molecular formula is C45H49F3N10O4. The van der Waals surface area contributed by atoms with Gasteiger partial charge in [0.1, 0.15) is 17.8 Å². The van der Waals surface area contributed by atoms with Crippen molar-refractivity contribution in [1.82, 2.24) is 34.5 Å². The summed E-state index contributed by atoms with van der Waals surface area (Å²) < 4.78 is 56.9. The molecule has 0 spiro atoms. The second-order valence-electron chi connectivity index (χ2n) is 17.6. The van der Waals surface area contributed by atoms with Gasteiger partial charge in [-0.15, -0.1) is 0 Å². The van der Waals surface area contributed by atoms with Crippen LogP contribution in [-0.2, 0) is 23.2 Å². The first kappa shape index (κ1) is 40.1. The van der Waals surface area contributed by atoms with Gasteiger partial charge in [-0.3, -0.25) is 34.9 Å². The summed E-state index contributed by atoms with van der Waals surface area (Å²) in [7, 11) is 1.85. The molecule has 5 aromatic rings. The van der Waals surface area contributed by atoms with Gasteiger partial charge in [0.25, 0.3) is 5.91 Å². The summed E-state index contributed by atoms with van der Waals surface area (Å²) in [6.45, 7) is 6.18. The first-order chi connectivity index (χ1) is 29.9. The summed E-state index contributed by atoms with van der Waals surface area (Å²) in [4.78, 5) is 53.7. The van der Waals surface area contributed by atoms with E-state index in [1.807, 2.05) is 20.0 Å². The SMILES string of the molecule is Cc1cc2cc(n1)-c1cnn(C)c1OC[C@H]1CC[C@H](C1)Cn1c(nc3ccc(N4CCN([C@H]5CCN(c6cc(F)c([C@H]7CCC(=O)NC7=O)c(F)c6)C[C@H]5F)CC4)cc31)NC2=O. The predicted octanol–water partition coefficient (Wildman–Crippen LogP) is 5.74. The highest BCUT2D eigenvalue weighted by Crippen LogP contribution is 2.38. The van der Waals surface area contributed by atoms with Gasteiger partial charge < -0.3 is 19.1 Å². The second-order valence-corrected chi connectivity index (χ2v) is 17.6. The molecule has 17 heteroatoms. The minimum atomic E-state index is -1.24. The number of pyridine rings is 1. The third-order valence-corrected chi connectivity index (χ3v) is 13.6. The van der Waals surface area contributed by atoms with Crippen LogP contribution in [0.15, 0.2) is 48.7 Å². The number of rotatable bonds is 4. The van der Waals surface area contributed by atoms with Crippen LogP contribution in [-0.4, -0.2) is 105 Å². The number of carbonyl (C=O) groups is 3. The Morgan fingerprint density at radius 3 is 2.39 bits per heavy atom. The van der Waals surface area contributed by atoms with Crippen molar-refractivity contribution in [3.8, 4) is 17.1 Å². The fourth-order valence-corrected chi connectivity index (χ4v) is 10.3. The average Bonchev–Trinajstić information content (AvgIpc) is 3.96. The third kappa shape index (κ3) is 7.53. The standard InChI is InChI=1S/C45H49F3N10O4/c1-25-15-28-17-37(50-25)32-21-49-54(2)44(32)62-24-27-4-3-26(16-27)22-58-39-20-29(5-7-36(39)51-45(58)53-42(28)60)55-11-13-56(14-12-55)38-9-10-57(23-35(38)48)30-18-33(46)41(34(47)19-30)31-6-8-40(59)52-43(31)61/h5,7,15,17-21,26-27,31,35,38H,3-4,6,8-14,16,22-24H2,1-2H3,(H,51,53,60)(H,52,59,61)/t26-,27+,31-,35-,38+/m1/s1. The van der Waals surface area contributed by atoms with Crippen LogP contribution < -0.4 is 25.2 Å². The molecule has 2 aromatic carbocycles. The van der Waals surface area contributed by atoms with Crippen molar-refractivity contribution in [1.29, 1.82) is 0 Å². The van der Waals surface area contributed by atoms with Gasteiger partial charge in [-0.05, 0) is 93.3 Å². The summed E-state index contributed by atoms with van der Waals surface area (Å²) in [5.41, 5.74) is 5.13. The van der Waals surface area contributed by atoms with Crippen molar-refractivity contribution in [2.45, 2.75) is 70.1 Å². The third-order valence-electron chi connectivity index (χ3n) is 13.6. The highest BCUT2D eigenvalue weighted by molar-refractivity contribution is 6.05. The number of piperazine rings is 1. The number of halogens is 3. The number of aromatic nitrogens is 5. The van der Waals surface area contributed by atoms with Gasteiger partial charge in [0.15, 0.2) is 0 Å². The van der Waals surface area contributed by atoms with Crippen LogP contribution in [0.1, 0.15) is 66.1 Å². The van der Waals surface area contributed by atoms with Crippen LogP contribution in [0.5, 0.6) is 5.88 Å². The van der Waals surface area contributed by atoms with Gasteiger partial charge in [0, 0.05) is 87.0 Å². The molecule has 2 N–H and O–H groups in total. The number of aryl methyl sites for hydroxylation is 2. The van der Waals surface area contributed by atoms with Crippen LogP contribution in [0.3, 0.4) is 0 Å². The van der Waals surface area contributed by atoms with Crippen LogP contribution in [0.25, 0.3) is 22.3 Å². The van der Waals surface area contributed by atoms with Crippen LogP contribution in [0.2, 0.25) is 0 Å². The van der Waals surface area contributed by atoms with Gasteiger partial charge in [-0.1, -0.05) is 0 Å². The van der Waals surface area contributed by atoms with Crippen LogP contribution in [0, 0.1) is 30.4 Å². The monoisotopic (exact) mass is 850 g/mol. The average molecular weight is 851 g/mol. The number of ether oxygens (including phenoxy) is 1. The fourth-order valence-electron chi connectivity index (χ4n) is 10.3. The van der Waals surface area contributed by atoms with E-state index in [9.17, 15) is 14.4 Å². The number of benzene rings is 2. The quantitative estimate of drug-likeness (QED) is 0.215. The molecule has 3 saturated heterocycles.